The lowest BCUT2D eigenvalue weighted by Crippen LogP contribution is -2.46. The van der Waals surface area contributed by atoms with E-state index in [1.54, 1.807) is 0 Å². The average Bonchev–Trinajstić information content (AvgIpc) is 3.10. The number of benzene rings is 2. The lowest BCUT2D eigenvalue weighted by atomic mass is 9.95. The molecule has 1 aromatic heterocycles. The number of thiazole rings is 1. The maximum atomic E-state index is 12.3. The van der Waals surface area contributed by atoms with Crippen molar-refractivity contribution in [2.24, 2.45) is 11.7 Å². The summed E-state index contributed by atoms with van der Waals surface area (Å²) >= 11 is 1.32. The van der Waals surface area contributed by atoms with Crippen LogP contribution < -0.4 is 15.4 Å². The molecule has 3 aliphatic rings. The van der Waals surface area contributed by atoms with Crippen LogP contribution in [0.1, 0.15) is 22.5 Å². The summed E-state index contributed by atoms with van der Waals surface area (Å²) in [5, 5.41) is 0.762. The second-order valence-corrected chi connectivity index (χ2v) is 9.65. The molecule has 3 aliphatic heterocycles. The number of carbonyl (C=O) groups excluding carboxylic acids is 2. The first-order valence-electron chi connectivity index (χ1n) is 11.3. The number of piperidine rings is 1. The van der Waals surface area contributed by atoms with Crippen LogP contribution in [0.5, 0.6) is 11.5 Å². The quantitative estimate of drug-likeness (QED) is 0.538. The fourth-order valence-electron chi connectivity index (χ4n) is 4.74. The van der Waals surface area contributed by atoms with Crippen molar-refractivity contribution in [2.45, 2.75) is 18.9 Å². The maximum absolute atomic E-state index is 12.3. The Labute approximate surface area is 202 Å². The van der Waals surface area contributed by atoms with Gasteiger partial charge in [0.1, 0.15) is 16.4 Å². The van der Waals surface area contributed by atoms with Gasteiger partial charge in [-0.05, 0) is 61.2 Å². The molecule has 2 aromatic carbocycles. The van der Waals surface area contributed by atoms with Gasteiger partial charge < -0.3 is 20.3 Å². The first-order valence-corrected chi connectivity index (χ1v) is 12.2. The van der Waals surface area contributed by atoms with E-state index in [1.807, 2.05) is 59.5 Å². The fourth-order valence-corrected chi connectivity index (χ4v) is 5.70. The highest BCUT2D eigenvalue weighted by molar-refractivity contribution is 7.18. The van der Waals surface area contributed by atoms with E-state index in [9.17, 15) is 9.59 Å². The third kappa shape index (κ3) is 4.41. The maximum Gasteiger partial charge on any atom is 0.261 e. The van der Waals surface area contributed by atoms with E-state index in [0.29, 0.717) is 28.8 Å². The number of amides is 2. The Morgan fingerprint density at radius 3 is 2.47 bits per heavy atom. The predicted molar refractivity (Wildman–Crippen MR) is 133 cm³/mol. The van der Waals surface area contributed by atoms with Crippen molar-refractivity contribution < 1.29 is 14.3 Å². The van der Waals surface area contributed by atoms with Crippen LogP contribution in [0, 0.1) is 5.92 Å². The van der Waals surface area contributed by atoms with E-state index in [1.165, 1.54) is 17.4 Å². The van der Waals surface area contributed by atoms with Gasteiger partial charge in [0, 0.05) is 31.2 Å². The number of nitrogens with two attached hydrogens (primary N) is 1. The molecule has 4 heterocycles. The third-order valence-electron chi connectivity index (χ3n) is 6.39. The molecule has 0 spiro atoms. The summed E-state index contributed by atoms with van der Waals surface area (Å²) in [4.78, 5) is 34.0. The number of aromatic nitrogens is 1. The average molecular weight is 475 g/mol. The first-order chi connectivity index (χ1) is 16.5. The Kier molecular flexibility index (Phi) is 6.06. The fraction of sp³-hybridized carbons (Fsp3) is 0.269. The van der Waals surface area contributed by atoms with E-state index in [2.05, 4.69) is 11.5 Å². The Bertz CT molecular complexity index is 1210. The molecule has 174 valence electrons. The number of anilines is 1. The molecule has 2 amide bonds. The molecule has 3 aromatic rings. The minimum absolute atomic E-state index is 0.0213. The van der Waals surface area contributed by atoms with E-state index in [4.69, 9.17) is 15.5 Å². The number of primary amides is 1. The molecule has 2 bridgehead atoms. The largest absolute Gasteiger partial charge is 0.457 e. The SMILES string of the molecule is C=CC(=O)N1C[C@H]2CC[C@H]1CN(c1nc(-c3ccc(Oc4ccccc4)cc3)c(C(N)=O)s1)C2. The van der Waals surface area contributed by atoms with Crippen molar-refractivity contribution in [3.05, 3.63) is 72.1 Å². The summed E-state index contributed by atoms with van der Waals surface area (Å²) in [6, 6.07) is 17.2. The first kappa shape index (κ1) is 22.2. The van der Waals surface area contributed by atoms with Crippen LogP contribution in [-0.2, 0) is 4.79 Å². The predicted octanol–water partition coefficient (Wildman–Crippen LogP) is 4.31. The Morgan fingerprint density at radius 2 is 1.76 bits per heavy atom. The molecule has 3 saturated heterocycles. The van der Waals surface area contributed by atoms with E-state index < -0.39 is 5.91 Å². The number of rotatable bonds is 6. The normalized spacial score (nSPS) is 19.5. The number of nitrogens with zero attached hydrogens (tertiary/aromatic N) is 3. The van der Waals surface area contributed by atoms with Gasteiger partial charge in [-0.3, -0.25) is 9.59 Å². The highest BCUT2D eigenvalue weighted by Gasteiger charge is 2.37. The number of hydrogen-bond acceptors (Lipinski definition) is 6. The molecule has 2 N–H and O–H groups in total. The van der Waals surface area contributed by atoms with Crippen molar-refractivity contribution in [1.29, 1.82) is 0 Å². The van der Waals surface area contributed by atoms with Crippen LogP contribution in [0.4, 0.5) is 5.13 Å². The summed E-state index contributed by atoms with van der Waals surface area (Å²) in [7, 11) is 0. The Morgan fingerprint density at radius 1 is 1.03 bits per heavy atom. The summed E-state index contributed by atoms with van der Waals surface area (Å²) in [6.45, 7) is 5.86. The topological polar surface area (TPSA) is 88.8 Å². The van der Waals surface area contributed by atoms with Crippen LogP contribution >= 0.6 is 11.3 Å². The van der Waals surface area contributed by atoms with Gasteiger partial charge in [0.2, 0.25) is 5.91 Å². The molecule has 2 atom stereocenters. The van der Waals surface area contributed by atoms with Crippen LogP contribution in [0.3, 0.4) is 0 Å². The molecule has 0 radical (unpaired) electrons. The Balaban J connectivity index is 1.40. The minimum atomic E-state index is -0.496. The van der Waals surface area contributed by atoms with Gasteiger partial charge in [0.25, 0.3) is 5.91 Å². The van der Waals surface area contributed by atoms with Crippen LogP contribution in [-0.4, -0.2) is 47.4 Å². The van der Waals surface area contributed by atoms with Crippen molar-refractivity contribution >= 4 is 28.3 Å². The standard InChI is InChI=1S/C26H26N4O3S/c1-2-22(31)30-15-17-8-11-19(30)16-29(14-17)26-28-23(24(34-26)25(27)32)18-9-12-21(13-10-18)33-20-6-4-3-5-7-20/h2-7,9-10,12-13,17,19H,1,8,11,14-16H2,(H2,27,32)/t17-,19-/m0/s1. The number of para-hydroxylation sites is 1. The smallest absolute Gasteiger partial charge is 0.261 e. The lowest BCUT2D eigenvalue weighted by molar-refractivity contribution is -0.129. The third-order valence-corrected chi connectivity index (χ3v) is 7.52. The summed E-state index contributed by atoms with van der Waals surface area (Å²) in [5.74, 6) is 1.30. The van der Waals surface area contributed by atoms with Crippen molar-refractivity contribution in [3.63, 3.8) is 0 Å². The van der Waals surface area contributed by atoms with Gasteiger partial charge in [-0.2, -0.15) is 0 Å². The molecular weight excluding hydrogens is 448 g/mol. The van der Waals surface area contributed by atoms with Gasteiger partial charge in [-0.25, -0.2) is 4.98 Å². The molecule has 7 nitrogen and oxygen atoms in total. The number of hydrogen-bond donors (Lipinski definition) is 1. The van der Waals surface area contributed by atoms with Gasteiger partial charge in [0.05, 0.1) is 5.69 Å². The number of fused-ring (bicyclic) bond motifs is 4. The van der Waals surface area contributed by atoms with Crippen molar-refractivity contribution in [2.75, 3.05) is 24.5 Å². The second-order valence-electron chi connectivity index (χ2n) is 8.67. The Hall–Kier alpha value is -3.65. The molecular formula is C26H26N4O3S. The highest BCUT2D eigenvalue weighted by atomic mass is 32.1. The lowest BCUT2D eigenvalue weighted by Gasteiger charge is -2.35. The molecule has 34 heavy (non-hydrogen) atoms. The second kappa shape index (κ2) is 9.30. The van der Waals surface area contributed by atoms with E-state index in [-0.39, 0.29) is 11.9 Å². The summed E-state index contributed by atoms with van der Waals surface area (Å²) in [5.41, 5.74) is 7.11. The molecule has 0 saturated carbocycles. The minimum Gasteiger partial charge on any atom is -0.457 e. The van der Waals surface area contributed by atoms with Gasteiger partial charge >= 0.3 is 0 Å². The van der Waals surface area contributed by atoms with Gasteiger partial charge in [-0.15, -0.1) is 0 Å². The number of carbonyl (C=O) groups is 2. The zero-order chi connectivity index (χ0) is 23.7. The monoisotopic (exact) mass is 474 g/mol. The summed E-state index contributed by atoms with van der Waals surface area (Å²) < 4.78 is 5.87. The zero-order valence-corrected chi connectivity index (χ0v) is 19.5. The molecule has 0 unspecified atom stereocenters. The molecule has 3 fully saturated rings. The highest BCUT2D eigenvalue weighted by Crippen LogP contribution is 2.37. The van der Waals surface area contributed by atoms with Gasteiger partial charge in [-0.1, -0.05) is 36.1 Å². The van der Waals surface area contributed by atoms with Crippen LogP contribution in [0.25, 0.3) is 11.3 Å². The van der Waals surface area contributed by atoms with Crippen molar-refractivity contribution in [1.82, 2.24) is 9.88 Å². The van der Waals surface area contributed by atoms with Crippen LogP contribution in [0.15, 0.2) is 67.3 Å². The molecule has 0 aliphatic carbocycles. The number of ether oxygens (including phenoxy) is 1. The molecule has 8 heteroatoms. The van der Waals surface area contributed by atoms with E-state index in [0.717, 1.165) is 42.4 Å². The zero-order valence-electron chi connectivity index (χ0n) is 18.7. The summed E-state index contributed by atoms with van der Waals surface area (Å²) in [6.07, 6.45) is 3.43. The van der Waals surface area contributed by atoms with Gasteiger partial charge in [0.15, 0.2) is 5.13 Å². The van der Waals surface area contributed by atoms with Crippen LogP contribution in [0.2, 0.25) is 0 Å². The van der Waals surface area contributed by atoms with Crippen molar-refractivity contribution in [3.8, 4) is 22.8 Å². The molecule has 6 rings (SSSR count). The van der Waals surface area contributed by atoms with E-state index >= 15 is 0 Å².